The maximum absolute atomic E-state index is 5.96. The van der Waals surface area contributed by atoms with Crippen LogP contribution in [-0.4, -0.2) is 20.1 Å². The van der Waals surface area contributed by atoms with Gasteiger partial charge in [0.1, 0.15) is 5.15 Å². The first-order valence-corrected chi connectivity index (χ1v) is 5.57. The quantitative estimate of drug-likeness (QED) is 0.661. The van der Waals surface area contributed by atoms with Crippen LogP contribution < -0.4 is 0 Å². The van der Waals surface area contributed by atoms with E-state index >= 15 is 0 Å². The zero-order valence-electron chi connectivity index (χ0n) is 9.12. The molecule has 0 aliphatic rings. The molecule has 3 aromatic rings. The Bertz CT molecular complexity index is 669. The van der Waals surface area contributed by atoms with E-state index in [0.717, 1.165) is 5.56 Å². The molecule has 18 heavy (non-hydrogen) atoms. The molecule has 0 bridgehead atoms. The third-order valence-electron chi connectivity index (χ3n) is 2.34. The van der Waals surface area contributed by atoms with E-state index in [1.807, 2.05) is 12.1 Å². The Labute approximate surface area is 107 Å². The van der Waals surface area contributed by atoms with Crippen molar-refractivity contribution in [3.05, 3.63) is 48.0 Å². The zero-order chi connectivity index (χ0) is 12.4. The molecular formula is C12H7ClN4O. The molecule has 0 spiro atoms. The van der Waals surface area contributed by atoms with E-state index < -0.39 is 0 Å². The second-order valence-corrected chi connectivity index (χ2v) is 3.86. The first-order valence-electron chi connectivity index (χ1n) is 5.19. The van der Waals surface area contributed by atoms with Crippen LogP contribution in [0.25, 0.3) is 22.8 Å². The Morgan fingerprint density at radius 2 is 2.00 bits per heavy atom. The number of nitrogens with zero attached hydrogens (tertiary/aromatic N) is 4. The number of rotatable bonds is 2. The maximum atomic E-state index is 5.96. The smallest absolute Gasteiger partial charge is 0.261 e. The molecular weight excluding hydrogens is 252 g/mol. The Balaban J connectivity index is 2.03. The van der Waals surface area contributed by atoms with E-state index in [4.69, 9.17) is 16.1 Å². The molecule has 0 radical (unpaired) electrons. The second-order valence-electron chi connectivity index (χ2n) is 3.51. The number of hydrogen-bond donors (Lipinski definition) is 0. The highest BCUT2D eigenvalue weighted by atomic mass is 35.5. The third-order valence-corrected chi connectivity index (χ3v) is 2.64. The predicted octanol–water partition coefficient (Wildman–Crippen LogP) is 2.85. The molecule has 0 saturated heterocycles. The fraction of sp³-hybridized carbons (Fsp3) is 0. The SMILES string of the molecule is Clc1ncccc1-c1nc(-c2cccnc2)no1. The van der Waals surface area contributed by atoms with Crippen molar-refractivity contribution in [2.24, 2.45) is 0 Å². The maximum Gasteiger partial charge on any atom is 0.261 e. The predicted molar refractivity (Wildman–Crippen MR) is 65.8 cm³/mol. The second kappa shape index (κ2) is 4.54. The van der Waals surface area contributed by atoms with Crippen molar-refractivity contribution >= 4 is 11.6 Å². The minimum absolute atomic E-state index is 0.332. The van der Waals surface area contributed by atoms with Gasteiger partial charge in [-0.3, -0.25) is 4.98 Å². The molecule has 88 valence electrons. The van der Waals surface area contributed by atoms with E-state index in [2.05, 4.69) is 20.1 Å². The lowest BCUT2D eigenvalue weighted by atomic mass is 10.2. The molecule has 0 unspecified atom stereocenters. The van der Waals surface area contributed by atoms with Gasteiger partial charge in [0.25, 0.3) is 5.89 Å². The van der Waals surface area contributed by atoms with Gasteiger partial charge in [-0.25, -0.2) is 4.98 Å². The summed E-state index contributed by atoms with van der Waals surface area (Å²) in [4.78, 5) is 12.2. The number of hydrogen-bond acceptors (Lipinski definition) is 5. The molecule has 0 amide bonds. The van der Waals surface area contributed by atoms with Gasteiger partial charge < -0.3 is 4.52 Å². The molecule has 0 atom stereocenters. The van der Waals surface area contributed by atoms with E-state index in [0.29, 0.717) is 22.4 Å². The Hall–Kier alpha value is -2.27. The number of aromatic nitrogens is 4. The molecule has 3 rings (SSSR count). The molecule has 0 aromatic carbocycles. The van der Waals surface area contributed by atoms with E-state index in [9.17, 15) is 0 Å². The van der Waals surface area contributed by atoms with Crippen molar-refractivity contribution in [3.63, 3.8) is 0 Å². The lowest BCUT2D eigenvalue weighted by molar-refractivity contribution is 0.432. The molecule has 6 heteroatoms. The van der Waals surface area contributed by atoms with E-state index in [1.165, 1.54) is 0 Å². The summed E-state index contributed by atoms with van der Waals surface area (Å²) in [6, 6.07) is 7.19. The average Bonchev–Trinajstić information content (AvgIpc) is 2.90. The summed E-state index contributed by atoms with van der Waals surface area (Å²) in [6.45, 7) is 0. The summed E-state index contributed by atoms with van der Waals surface area (Å²) < 4.78 is 5.17. The normalized spacial score (nSPS) is 10.5. The number of halogens is 1. The van der Waals surface area contributed by atoms with Crippen molar-refractivity contribution in [2.75, 3.05) is 0 Å². The summed E-state index contributed by atoms with van der Waals surface area (Å²) in [5.74, 6) is 0.810. The van der Waals surface area contributed by atoms with Crippen LogP contribution in [0.4, 0.5) is 0 Å². The highest BCUT2D eigenvalue weighted by Crippen LogP contribution is 2.26. The largest absolute Gasteiger partial charge is 0.333 e. The van der Waals surface area contributed by atoms with Gasteiger partial charge in [0, 0.05) is 24.2 Å². The van der Waals surface area contributed by atoms with E-state index in [-0.39, 0.29) is 0 Å². The highest BCUT2D eigenvalue weighted by molar-refractivity contribution is 6.31. The number of pyridine rings is 2. The third kappa shape index (κ3) is 1.96. The van der Waals surface area contributed by atoms with Crippen LogP contribution in [0.5, 0.6) is 0 Å². The lowest BCUT2D eigenvalue weighted by Gasteiger charge is -1.94. The summed E-state index contributed by atoms with van der Waals surface area (Å²) in [7, 11) is 0. The Morgan fingerprint density at radius 3 is 2.78 bits per heavy atom. The van der Waals surface area contributed by atoms with Crippen molar-refractivity contribution in [1.82, 2.24) is 20.1 Å². The van der Waals surface area contributed by atoms with Crippen molar-refractivity contribution < 1.29 is 4.52 Å². The molecule has 5 nitrogen and oxygen atoms in total. The van der Waals surface area contributed by atoms with Gasteiger partial charge in [0.15, 0.2) is 0 Å². The van der Waals surface area contributed by atoms with Gasteiger partial charge in [0.2, 0.25) is 5.82 Å². The van der Waals surface area contributed by atoms with Gasteiger partial charge in [0.05, 0.1) is 5.56 Å². The first-order chi connectivity index (χ1) is 8.84. The molecule has 0 N–H and O–H groups in total. The Kier molecular flexibility index (Phi) is 2.74. The van der Waals surface area contributed by atoms with Gasteiger partial charge in [-0.1, -0.05) is 16.8 Å². The van der Waals surface area contributed by atoms with Gasteiger partial charge >= 0.3 is 0 Å². The van der Waals surface area contributed by atoms with Crippen molar-refractivity contribution in [1.29, 1.82) is 0 Å². The van der Waals surface area contributed by atoms with Crippen LogP contribution in [-0.2, 0) is 0 Å². The van der Waals surface area contributed by atoms with Crippen LogP contribution in [0.3, 0.4) is 0 Å². The fourth-order valence-corrected chi connectivity index (χ4v) is 1.69. The molecule has 0 saturated carbocycles. The Morgan fingerprint density at radius 1 is 1.11 bits per heavy atom. The van der Waals surface area contributed by atoms with Crippen LogP contribution in [0.2, 0.25) is 5.15 Å². The zero-order valence-corrected chi connectivity index (χ0v) is 9.87. The average molecular weight is 259 g/mol. The van der Waals surface area contributed by atoms with Crippen LogP contribution in [0, 0.1) is 0 Å². The molecule has 3 aromatic heterocycles. The van der Waals surface area contributed by atoms with Crippen molar-refractivity contribution in [3.8, 4) is 22.8 Å². The lowest BCUT2D eigenvalue weighted by Crippen LogP contribution is -1.84. The summed E-state index contributed by atoms with van der Waals surface area (Å²) in [5.41, 5.74) is 1.40. The van der Waals surface area contributed by atoms with Crippen molar-refractivity contribution in [2.45, 2.75) is 0 Å². The first kappa shape index (κ1) is 10.9. The molecule has 0 aliphatic carbocycles. The van der Waals surface area contributed by atoms with Crippen LogP contribution in [0.15, 0.2) is 47.4 Å². The minimum atomic E-state index is 0.332. The molecule has 3 heterocycles. The summed E-state index contributed by atoms with van der Waals surface area (Å²) in [6.07, 6.45) is 4.95. The summed E-state index contributed by atoms with van der Waals surface area (Å²) in [5, 5.41) is 4.22. The molecule has 0 aliphatic heterocycles. The van der Waals surface area contributed by atoms with Gasteiger partial charge in [-0.05, 0) is 24.3 Å². The highest BCUT2D eigenvalue weighted by Gasteiger charge is 2.13. The monoisotopic (exact) mass is 258 g/mol. The van der Waals surface area contributed by atoms with Gasteiger partial charge in [-0.2, -0.15) is 4.98 Å². The van der Waals surface area contributed by atoms with Gasteiger partial charge in [-0.15, -0.1) is 0 Å². The van der Waals surface area contributed by atoms with E-state index in [1.54, 1.807) is 30.7 Å². The van der Waals surface area contributed by atoms with Crippen LogP contribution in [0.1, 0.15) is 0 Å². The fourth-order valence-electron chi connectivity index (χ4n) is 1.49. The van der Waals surface area contributed by atoms with Crippen LogP contribution >= 0.6 is 11.6 Å². The minimum Gasteiger partial charge on any atom is -0.333 e. The summed E-state index contributed by atoms with van der Waals surface area (Å²) >= 11 is 5.96. The topological polar surface area (TPSA) is 64.7 Å². The standard InChI is InChI=1S/C12H7ClN4O/c13-10-9(4-2-6-15-10)12-16-11(17-18-12)8-3-1-5-14-7-8/h1-7H. The molecule has 0 fully saturated rings.